The Bertz CT molecular complexity index is 1080. The van der Waals surface area contributed by atoms with E-state index in [0.717, 1.165) is 12.8 Å². The number of amides is 1. The van der Waals surface area contributed by atoms with Gasteiger partial charge in [-0.1, -0.05) is 49.4 Å². The maximum atomic E-state index is 13.4. The molecule has 1 N–H and O–H groups in total. The number of fused-ring (bicyclic) bond motifs is 1. The summed E-state index contributed by atoms with van der Waals surface area (Å²) in [6, 6.07) is 14.7. The molecule has 0 bridgehead atoms. The van der Waals surface area contributed by atoms with Crippen LogP contribution in [0.4, 0.5) is 0 Å². The zero-order valence-electron chi connectivity index (χ0n) is 17.6. The summed E-state index contributed by atoms with van der Waals surface area (Å²) in [6.07, 6.45) is 1.94. The molecule has 7 heteroatoms. The number of benzene rings is 2. The van der Waals surface area contributed by atoms with E-state index < -0.39 is 0 Å². The summed E-state index contributed by atoms with van der Waals surface area (Å²) < 4.78 is 7.28. The largest absolute Gasteiger partial charge is 0.492 e. The quantitative estimate of drug-likeness (QED) is 0.411. The first-order valence-corrected chi connectivity index (χ1v) is 11.2. The van der Waals surface area contributed by atoms with E-state index in [4.69, 9.17) is 9.72 Å². The summed E-state index contributed by atoms with van der Waals surface area (Å²) in [6.45, 7) is 6.46. The highest BCUT2D eigenvalue weighted by Crippen LogP contribution is 2.27. The molecule has 1 amide bonds. The number of para-hydroxylation sites is 3. The molecule has 6 nitrogen and oxygen atoms in total. The fraction of sp³-hybridized carbons (Fsp3) is 0.348. The Morgan fingerprint density at radius 3 is 2.67 bits per heavy atom. The van der Waals surface area contributed by atoms with Crippen molar-refractivity contribution in [3.8, 4) is 11.4 Å². The number of aromatic nitrogens is 2. The lowest BCUT2D eigenvalue weighted by atomic mass is 10.2. The van der Waals surface area contributed by atoms with Crippen LogP contribution in [0.3, 0.4) is 0 Å². The predicted molar refractivity (Wildman–Crippen MR) is 122 cm³/mol. The molecule has 1 aromatic heterocycles. The molecule has 158 valence electrons. The molecule has 2 aromatic carbocycles. The average Bonchev–Trinajstić information content (AvgIpc) is 2.73. The van der Waals surface area contributed by atoms with E-state index in [1.54, 1.807) is 10.6 Å². The van der Waals surface area contributed by atoms with E-state index >= 15 is 0 Å². The minimum absolute atomic E-state index is 0.0759. The Morgan fingerprint density at radius 1 is 1.17 bits per heavy atom. The molecule has 3 aromatic rings. The van der Waals surface area contributed by atoms with Crippen molar-refractivity contribution in [1.82, 2.24) is 14.9 Å². The van der Waals surface area contributed by atoms with Crippen molar-refractivity contribution in [2.75, 3.05) is 12.4 Å². The molecule has 0 saturated heterocycles. The smallest absolute Gasteiger partial charge is 0.266 e. The summed E-state index contributed by atoms with van der Waals surface area (Å²) in [7, 11) is 0. The Labute approximate surface area is 180 Å². The molecular formula is C23H27N3O3S. The van der Waals surface area contributed by atoms with Gasteiger partial charge in [0.2, 0.25) is 5.91 Å². The molecule has 0 aliphatic heterocycles. The van der Waals surface area contributed by atoms with Crippen LogP contribution in [-0.4, -0.2) is 33.9 Å². The number of carbonyl (C=O) groups excluding carboxylic acids is 1. The van der Waals surface area contributed by atoms with Crippen molar-refractivity contribution in [2.24, 2.45) is 0 Å². The van der Waals surface area contributed by atoms with Crippen LogP contribution in [0.2, 0.25) is 0 Å². The minimum Gasteiger partial charge on any atom is -0.492 e. The Balaban J connectivity index is 2.02. The zero-order valence-corrected chi connectivity index (χ0v) is 18.4. The topological polar surface area (TPSA) is 73.2 Å². The van der Waals surface area contributed by atoms with Crippen LogP contribution in [0, 0.1) is 0 Å². The minimum atomic E-state index is -0.185. The Hall–Kier alpha value is -2.80. The highest BCUT2D eigenvalue weighted by atomic mass is 32.2. The standard InChI is InChI=1S/C23H27N3O3S/c1-4-10-16(3)24-21(27)15-30-23-25-18-12-7-6-11-17(18)22(28)26(23)19-13-8-9-14-20(19)29-5-2/h6-9,11-14,16H,4-5,10,15H2,1-3H3,(H,24,27)/t16-/m1/s1. The fourth-order valence-electron chi connectivity index (χ4n) is 3.29. The van der Waals surface area contributed by atoms with Gasteiger partial charge in [0.15, 0.2) is 5.16 Å². The fourth-order valence-corrected chi connectivity index (χ4v) is 4.11. The van der Waals surface area contributed by atoms with Crippen LogP contribution in [-0.2, 0) is 4.79 Å². The first kappa shape index (κ1) is 21.9. The molecule has 0 fully saturated rings. The summed E-state index contributed by atoms with van der Waals surface area (Å²) >= 11 is 1.25. The Kier molecular flexibility index (Phi) is 7.52. The van der Waals surface area contributed by atoms with Gasteiger partial charge in [0, 0.05) is 6.04 Å². The molecular weight excluding hydrogens is 398 g/mol. The van der Waals surface area contributed by atoms with Crippen molar-refractivity contribution < 1.29 is 9.53 Å². The third-order valence-corrected chi connectivity index (χ3v) is 5.55. The second-order valence-corrected chi connectivity index (χ2v) is 7.94. The maximum Gasteiger partial charge on any atom is 0.266 e. The number of hydrogen-bond acceptors (Lipinski definition) is 5. The van der Waals surface area contributed by atoms with Crippen LogP contribution in [0.5, 0.6) is 5.75 Å². The lowest BCUT2D eigenvalue weighted by Gasteiger charge is -2.17. The van der Waals surface area contributed by atoms with Crippen molar-refractivity contribution in [1.29, 1.82) is 0 Å². The zero-order chi connectivity index (χ0) is 21.5. The number of thioether (sulfide) groups is 1. The summed E-state index contributed by atoms with van der Waals surface area (Å²) in [5.74, 6) is 0.699. The molecule has 0 saturated carbocycles. The first-order valence-electron chi connectivity index (χ1n) is 10.2. The highest BCUT2D eigenvalue weighted by molar-refractivity contribution is 7.99. The number of rotatable bonds is 9. The average molecular weight is 426 g/mol. The second-order valence-electron chi connectivity index (χ2n) is 7.00. The summed E-state index contributed by atoms with van der Waals surface area (Å²) in [5.41, 5.74) is 1.04. The maximum absolute atomic E-state index is 13.4. The molecule has 0 radical (unpaired) electrons. The van der Waals surface area contributed by atoms with Crippen LogP contribution < -0.4 is 15.6 Å². The van der Waals surface area contributed by atoms with Gasteiger partial charge in [-0.2, -0.15) is 0 Å². The van der Waals surface area contributed by atoms with Crippen LogP contribution >= 0.6 is 11.8 Å². The first-order chi connectivity index (χ1) is 14.5. The van der Waals surface area contributed by atoms with Gasteiger partial charge in [-0.15, -0.1) is 0 Å². The van der Waals surface area contributed by atoms with Crippen molar-refractivity contribution in [3.05, 3.63) is 58.9 Å². The molecule has 1 atom stereocenters. The van der Waals surface area contributed by atoms with E-state index in [9.17, 15) is 9.59 Å². The molecule has 0 aliphatic rings. The van der Waals surface area contributed by atoms with Crippen molar-refractivity contribution in [2.45, 2.75) is 44.8 Å². The molecule has 0 spiro atoms. The van der Waals surface area contributed by atoms with Gasteiger partial charge in [0.25, 0.3) is 5.56 Å². The highest BCUT2D eigenvalue weighted by Gasteiger charge is 2.17. The van der Waals surface area contributed by atoms with Gasteiger partial charge in [0.1, 0.15) is 5.75 Å². The lowest BCUT2D eigenvalue weighted by molar-refractivity contribution is -0.119. The Morgan fingerprint density at radius 2 is 1.90 bits per heavy atom. The number of nitrogens with one attached hydrogen (secondary N) is 1. The third-order valence-electron chi connectivity index (χ3n) is 4.61. The number of hydrogen-bond donors (Lipinski definition) is 1. The molecule has 0 aliphatic carbocycles. The molecule has 0 unspecified atom stereocenters. The predicted octanol–water partition coefficient (Wildman–Crippen LogP) is 4.18. The number of ether oxygens (including phenoxy) is 1. The number of nitrogens with zero attached hydrogens (tertiary/aromatic N) is 2. The van der Waals surface area contributed by atoms with Gasteiger partial charge >= 0.3 is 0 Å². The SMILES string of the molecule is CCC[C@@H](C)NC(=O)CSc1nc2ccccc2c(=O)n1-c1ccccc1OCC. The van der Waals surface area contributed by atoms with Crippen LogP contribution in [0.1, 0.15) is 33.6 Å². The van der Waals surface area contributed by atoms with E-state index in [2.05, 4.69) is 12.2 Å². The van der Waals surface area contributed by atoms with Gasteiger partial charge in [-0.05, 0) is 44.5 Å². The molecule has 30 heavy (non-hydrogen) atoms. The lowest BCUT2D eigenvalue weighted by Crippen LogP contribution is -2.34. The number of carbonyl (C=O) groups is 1. The van der Waals surface area contributed by atoms with Gasteiger partial charge in [-0.3, -0.25) is 14.2 Å². The van der Waals surface area contributed by atoms with E-state index in [-0.39, 0.29) is 23.3 Å². The van der Waals surface area contributed by atoms with Crippen LogP contribution in [0.15, 0.2) is 58.5 Å². The summed E-state index contributed by atoms with van der Waals surface area (Å²) in [4.78, 5) is 30.5. The molecule has 3 rings (SSSR count). The second kappa shape index (κ2) is 10.3. The van der Waals surface area contributed by atoms with E-state index in [1.807, 2.05) is 56.3 Å². The molecule has 1 heterocycles. The normalized spacial score (nSPS) is 12.0. The van der Waals surface area contributed by atoms with E-state index in [1.165, 1.54) is 11.8 Å². The van der Waals surface area contributed by atoms with E-state index in [0.29, 0.717) is 34.1 Å². The van der Waals surface area contributed by atoms with Gasteiger partial charge in [0.05, 0.1) is 29.0 Å². The third kappa shape index (κ3) is 5.02. The van der Waals surface area contributed by atoms with Crippen molar-refractivity contribution >= 4 is 28.6 Å². The van der Waals surface area contributed by atoms with Crippen LogP contribution in [0.25, 0.3) is 16.6 Å². The van der Waals surface area contributed by atoms with Gasteiger partial charge < -0.3 is 10.1 Å². The summed E-state index contributed by atoms with van der Waals surface area (Å²) in [5, 5.41) is 3.98. The van der Waals surface area contributed by atoms with Gasteiger partial charge in [-0.25, -0.2) is 4.98 Å². The monoisotopic (exact) mass is 425 g/mol. The van der Waals surface area contributed by atoms with Crippen molar-refractivity contribution in [3.63, 3.8) is 0 Å².